The minimum absolute atomic E-state index is 0.0314. The van der Waals surface area contributed by atoms with Crippen LogP contribution in [-0.4, -0.2) is 25.0 Å². The van der Waals surface area contributed by atoms with Crippen molar-refractivity contribution < 1.29 is 14.0 Å². The van der Waals surface area contributed by atoms with E-state index in [9.17, 15) is 10.1 Å². The summed E-state index contributed by atoms with van der Waals surface area (Å²) >= 11 is 0. The quantitative estimate of drug-likeness (QED) is 0.452. The summed E-state index contributed by atoms with van der Waals surface area (Å²) in [6.45, 7) is 1.76. The van der Waals surface area contributed by atoms with Crippen molar-refractivity contribution in [3.05, 3.63) is 34.4 Å². The molecule has 0 aliphatic carbocycles. The van der Waals surface area contributed by atoms with Crippen LogP contribution in [0.4, 0.5) is 5.69 Å². The van der Waals surface area contributed by atoms with E-state index in [1.165, 1.54) is 31.4 Å². The molecule has 1 aromatic carbocycles. The Morgan fingerprint density at radius 1 is 1.40 bits per heavy atom. The van der Waals surface area contributed by atoms with E-state index in [0.717, 1.165) is 0 Å². The molecule has 6 heteroatoms. The smallest absolute Gasteiger partial charge is 0.269 e. The lowest BCUT2D eigenvalue weighted by atomic mass is 10.3. The molecule has 0 spiro atoms. The molecule has 0 aromatic heterocycles. The summed E-state index contributed by atoms with van der Waals surface area (Å²) < 4.78 is 10.5. The average molecular weight is 229 g/mol. The lowest BCUT2D eigenvalue weighted by molar-refractivity contribution is -0.384. The van der Waals surface area contributed by atoms with Crippen molar-refractivity contribution in [2.24, 2.45) is 0 Å². The number of benzene rings is 1. The Balaban J connectivity index is 2.82. The van der Waals surface area contributed by atoms with Crippen LogP contribution in [-0.2, 0) is 4.52 Å². The molecule has 0 aliphatic heterocycles. The largest absolute Gasteiger partial charge is 0.453 e. The first-order valence-electron chi connectivity index (χ1n) is 4.15. The van der Waals surface area contributed by atoms with Gasteiger partial charge < -0.3 is 9.05 Å². The molecule has 0 heterocycles. The van der Waals surface area contributed by atoms with Crippen molar-refractivity contribution in [2.75, 3.05) is 13.8 Å². The van der Waals surface area contributed by atoms with Crippen LogP contribution in [0.5, 0.6) is 5.75 Å². The molecule has 82 valence electrons. The minimum atomic E-state index is -2.10. The Kier molecular flexibility index (Phi) is 3.50. The Bertz CT molecular complexity index is 401. The fourth-order valence-corrected chi connectivity index (χ4v) is 1.53. The van der Waals surface area contributed by atoms with Crippen molar-refractivity contribution in [1.29, 1.82) is 0 Å². The van der Waals surface area contributed by atoms with Crippen LogP contribution in [0.15, 0.2) is 24.3 Å². The molecule has 0 amide bonds. The Labute approximate surface area is 87.9 Å². The second-order valence-electron chi connectivity index (χ2n) is 3.04. The predicted molar refractivity (Wildman–Crippen MR) is 60.7 cm³/mol. The third kappa shape index (κ3) is 3.38. The Hall–Kier alpha value is -1.32. The molecule has 5 nitrogen and oxygen atoms in total. The van der Waals surface area contributed by atoms with Crippen LogP contribution in [0, 0.1) is 10.1 Å². The average Bonchev–Trinajstić information content (AvgIpc) is 2.18. The maximum atomic E-state index is 10.4. The number of hydrogen-bond acceptors (Lipinski definition) is 4. The van der Waals surface area contributed by atoms with E-state index < -0.39 is 12.3 Å². The maximum absolute atomic E-state index is 10.4. The molecule has 0 bridgehead atoms. The molecule has 0 aliphatic rings. The monoisotopic (exact) mass is 229 g/mol. The van der Waals surface area contributed by atoms with Crippen molar-refractivity contribution in [3.63, 3.8) is 0 Å². The summed E-state index contributed by atoms with van der Waals surface area (Å²) in [5.74, 6) is 0.522. The highest BCUT2D eigenvalue weighted by atomic mass is 31.2. The molecule has 1 unspecified atom stereocenters. The van der Waals surface area contributed by atoms with Gasteiger partial charge in [-0.2, -0.15) is 0 Å². The van der Waals surface area contributed by atoms with E-state index >= 15 is 0 Å². The highest BCUT2D eigenvalue weighted by Crippen LogP contribution is 2.42. The van der Waals surface area contributed by atoms with Crippen LogP contribution < -0.4 is 4.52 Å². The third-order valence-electron chi connectivity index (χ3n) is 1.73. The van der Waals surface area contributed by atoms with Gasteiger partial charge in [0.25, 0.3) is 5.69 Å². The van der Waals surface area contributed by atoms with Crippen molar-refractivity contribution in [3.8, 4) is 5.75 Å². The van der Waals surface area contributed by atoms with E-state index in [1.807, 2.05) is 0 Å². The van der Waals surface area contributed by atoms with Gasteiger partial charge in [-0.1, -0.05) is 0 Å². The van der Waals surface area contributed by atoms with Crippen LogP contribution in [0.3, 0.4) is 0 Å². The normalized spacial score (nSPS) is 14.3. The van der Waals surface area contributed by atoms with Gasteiger partial charge in [0.05, 0.1) is 4.92 Å². The van der Waals surface area contributed by atoms with Gasteiger partial charge >= 0.3 is 0 Å². The zero-order chi connectivity index (χ0) is 11.5. The van der Waals surface area contributed by atoms with Gasteiger partial charge in [0.15, 0.2) is 7.34 Å². The lowest BCUT2D eigenvalue weighted by Crippen LogP contribution is -1.94. The first-order valence-corrected chi connectivity index (χ1v) is 6.41. The first-order chi connectivity index (χ1) is 6.94. The number of hydrogen-bond donors (Lipinski definition) is 0. The van der Waals surface area contributed by atoms with Gasteiger partial charge in [0, 0.05) is 25.9 Å². The predicted octanol–water partition coefficient (Wildman–Crippen LogP) is 2.53. The maximum Gasteiger partial charge on any atom is 0.269 e. The van der Waals surface area contributed by atoms with Crippen LogP contribution in [0.2, 0.25) is 0 Å². The van der Waals surface area contributed by atoms with E-state index in [1.54, 1.807) is 6.66 Å². The van der Waals surface area contributed by atoms with E-state index in [0.29, 0.717) is 5.75 Å². The zero-order valence-corrected chi connectivity index (χ0v) is 9.44. The fourth-order valence-electron chi connectivity index (χ4n) is 0.889. The zero-order valence-electron chi connectivity index (χ0n) is 8.54. The van der Waals surface area contributed by atoms with Gasteiger partial charge in [-0.05, 0) is 18.4 Å². The van der Waals surface area contributed by atoms with Gasteiger partial charge in [0.1, 0.15) is 5.75 Å². The summed E-state index contributed by atoms with van der Waals surface area (Å²) in [6, 6.07) is 5.82. The van der Waals surface area contributed by atoms with E-state index in [2.05, 4.69) is 6.30 Å². The molecule has 0 saturated carbocycles. The number of nitrogens with zero attached hydrogens (tertiary/aromatic N) is 1. The molecular weight excluding hydrogens is 217 g/mol. The second-order valence-corrected chi connectivity index (χ2v) is 5.61. The second kappa shape index (κ2) is 4.47. The van der Waals surface area contributed by atoms with Gasteiger partial charge in [0.2, 0.25) is 0 Å². The number of rotatable bonds is 4. The number of nitro groups is 1. The molecular formula is C9H12NO4P. The molecule has 1 rings (SSSR count). The Morgan fingerprint density at radius 3 is 2.33 bits per heavy atom. The van der Waals surface area contributed by atoms with E-state index in [4.69, 9.17) is 9.05 Å². The molecule has 0 saturated heterocycles. The van der Waals surface area contributed by atoms with Crippen LogP contribution >= 0.6 is 7.34 Å². The highest BCUT2D eigenvalue weighted by molar-refractivity contribution is 7.64. The molecule has 1 aromatic rings. The Morgan fingerprint density at radius 2 is 1.93 bits per heavy atom. The summed E-state index contributed by atoms with van der Waals surface area (Å²) in [7, 11) is -0.584. The summed E-state index contributed by atoms with van der Waals surface area (Å²) in [5, 5.41) is 10.4. The summed E-state index contributed by atoms with van der Waals surface area (Å²) in [6.07, 6.45) is 3.77. The summed E-state index contributed by atoms with van der Waals surface area (Å²) in [5.41, 5.74) is 0.0314. The molecule has 0 radical (unpaired) electrons. The standard InChI is InChI=1S/C9H12NO4P/c1-13-15(2,3)14-9-6-4-8(5-7-9)10(11)12/h4-7H,2H2,1,3H3. The minimum Gasteiger partial charge on any atom is -0.453 e. The van der Waals surface area contributed by atoms with Crippen LogP contribution in [0.1, 0.15) is 0 Å². The first kappa shape index (κ1) is 11.8. The van der Waals surface area contributed by atoms with Crippen LogP contribution in [0.25, 0.3) is 0 Å². The topological polar surface area (TPSA) is 61.6 Å². The fraction of sp³-hybridized carbons (Fsp3) is 0.222. The SMILES string of the molecule is C=P(C)(OC)Oc1ccc([N+](=O)[O-])cc1. The third-order valence-corrected chi connectivity index (χ3v) is 3.10. The molecule has 0 fully saturated rings. The lowest BCUT2D eigenvalue weighted by Gasteiger charge is -2.18. The van der Waals surface area contributed by atoms with Crippen molar-refractivity contribution in [2.45, 2.75) is 0 Å². The molecule has 0 N–H and O–H groups in total. The van der Waals surface area contributed by atoms with Gasteiger partial charge in [-0.3, -0.25) is 10.1 Å². The van der Waals surface area contributed by atoms with Gasteiger partial charge in [-0.15, -0.1) is 0 Å². The van der Waals surface area contributed by atoms with Gasteiger partial charge in [-0.25, -0.2) is 0 Å². The summed E-state index contributed by atoms with van der Waals surface area (Å²) in [4.78, 5) is 9.93. The highest BCUT2D eigenvalue weighted by Gasteiger charge is 2.09. The number of non-ortho nitro benzene ring substituents is 1. The van der Waals surface area contributed by atoms with Crippen molar-refractivity contribution >= 4 is 19.3 Å². The molecule has 1 atom stereocenters. The van der Waals surface area contributed by atoms with E-state index in [-0.39, 0.29) is 5.69 Å². The molecule has 15 heavy (non-hydrogen) atoms. The number of nitro benzene ring substituents is 1. The van der Waals surface area contributed by atoms with Crippen molar-refractivity contribution in [1.82, 2.24) is 0 Å².